The Bertz CT molecular complexity index is 973. The zero-order chi connectivity index (χ0) is 19.7. The maximum absolute atomic E-state index is 13.1. The second-order valence-corrected chi connectivity index (χ2v) is 9.57. The molecule has 2 aliphatic rings. The molecule has 0 radical (unpaired) electrons. The average molecular weight is 426 g/mol. The second-order valence-electron chi connectivity index (χ2n) is 6.94. The number of hydrogen-bond acceptors (Lipinski definition) is 6. The zero-order valence-electron chi connectivity index (χ0n) is 15.1. The van der Waals surface area contributed by atoms with E-state index >= 15 is 0 Å². The molecule has 1 atom stereocenters. The van der Waals surface area contributed by atoms with Crippen LogP contribution in [0.25, 0.3) is 0 Å². The van der Waals surface area contributed by atoms with Gasteiger partial charge in [0.2, 0.25) is 5.91 Å². The number of halogens is 1. The molecule has 1 amide bonds. The van der Waals surface area contributed by atoms with Crippen molar-refractivity contribution in [2.24, 2.45) is 0 Å². The Kier molecular flexibility index (Phi) is 5.25. The van der Waals surface area contributed by atoms with Gasteiger partial charge in [0, 0.05) is 6.04 Å². The summed E-state index contributed by atoms with van der Waals surface area (Å²) < 4.78 is 40.3. The van der Waals surface area contributed by atoms with Crippen LogP contribution in [0, 0.1) is 0 Å². The minimum Gasteiger partial charge on any atom is -0.486 e. The topological polar surface area (TPSA) is 86.1 Å². The number of carbonyl (C=O) groups is 1. The van der Waals surface area contributed by atoms with Crippen molar-refractivity contribution < 1.29 is 27.1 Å². The van der Waals surface area contributed by atoms with Crippen molar-refractivity contribution >= 4 is 27.3 Å². The number of ether oxygens (including phenoxy) is 2. The van der Waals surface area contributed by atoms with Crippen LogP contribution < -0.4 is 9.47 Å². The summed E-state index contributed by atoms with van der Waals surface area (Å²) in [6.45, 7) is 1.08. The molecule has 0 bridgehead atoms. The van der Waals surface area contributed by atoms with Crippen LogP contribution in [-0.4, -0.2) is 50.0 Å². The number of hydrogen-bond donors (Lipinski definition) is 0. The third-order valence-electron chi connectivity index (χ3n) is 4.89. The van der Waals surface area contributed by atoms with Crippen LogP contribution in [0.15, 0.2) is 34.9 Å². The molecule has 1 aromatic heterocycles. The molecule has 1 aromatic carbocycles. The number of furan rings is 1. The highest BCUT2D eigenvalue weighted by molar-refractivity contribution is 7.91. The number of carbonyl (C=O) groups excluding carboxylic acids is 1. The van der Waals surface area contributed by atoms with Crippen molar-refractivity contribution in [3.05, 3.63) is 46.9 Å². The number of nitrogens with zero attached hydrogens (tertiary/aromatic N) is 1. The van der Waals surface area contributed by atoms with E-state index in [-0.39, 0.29) is 36.4 Å². The highest BCUT2D eigenvalue weighted by atomic mass is 35.5. The van der Waals surface area contributed by atoms with Gasteiger partial charge in [-0.3, -0.25) is 4.79 Å². The molecule has 0 N–H and O–H groups in total. The van der Waals surface area contributed by atoms with E-state index in [1.165, 1.54) is 6.26 Å². The van der Waals surface area contributed by atoms with Gasteiger partial charge in [-0.2, -0.15) is 0 Å². The summed E-state index contributed by atoms with van der Waals surface area (Å²) in [6.07, 6.45) is 2.04. The lowest BCUT2D eigenvalue weighted by Crippen LogP contribution is -2.41. The highest BCUT2D eigenvalue weighted by Gasteiger charge is 2.35. The fraction of sp³-hybridized carbons (Fsp3) is 0.421. The standard InChI is InChI=1S/C19H20ClNO6S/c20-16-8-13(9-17-19(16)27-6-5-26-17)10-18(22)21(11-15-2-1-4-25-15)14-3-7-28(23,24)12-14/h1-2,4,8-9,14H,3,5-7,10-12H2/t14-/m1/s1. The molecule has 9 heteroatoms. The van der Waals surface area contributed by atoms with Crippen molar-refractivity contribution in [1.82, 2.24) is 4.90 Å². The van der Waals surface area contributed by atoms with Crippen LogP contribution in [0.2, 0.25) is 5.02 Å². The van der Waals surface area contributed by atoms with Crippen molar-refractivity contribution in [1.29, 1.82) is 0 Å². The van der Waals surface area contributed by atoms with E-state index in [9.17, 15) is 13.2 Å². The quantitative estimate of drug-likeness (QED) is 0.731. The third-order valence-corrected chi connectivity index (χ3v) is 6.92. The second kappa shape index (κ2) is 7.67. The summed E-state index contributed by atoms with van der Waals surface area (Å²) in [5.74, 6) is 1.49. The predicted molar refractivity (Wildman–Crippen MR) is 102 cm³/mol. The molecule has 4 rings (SSSR count). The molecule has 0 unspecified atom stereocenters. The van der Waals surface area contributed by atoms with Gasteiger partial charge in [-0.25, -0.2) is 8.42 Å². The van der Waals surface area contributed by atoms with Crippen molar-refractivity contribution in [2.75, 3.05) is 24.7 Å². The Morgan fingerprint density at radius 2 is 2.07 bits per heavy atom. The Labute approximate surface area is 168 Å². The number of amides is 1. The van der Waals surface area contributed by atoms with Crippen LogP contribution in [0.5, 0.6) is 11.5 Å². The molecule has 7 nitrogen and oxygen atoms in total. The van der Waals surface area contributed by atoms with Crippen molar-refractivity contribution in [3.8, 4) is 11.5 Å². The van der Waals surface area contributed by atoms with Gasteiger partial charge in [0.25, 0.3) is 0 Å². The molecule has 2 aromatic rings. The van der Waals surface area contributed by atoms with Crippen LogP contribution in [0.1, 0.15) is 17.7 Å². The average Bonchev–Trinajstić information content (AvgIpc) is 3.28. The molecule has 1 saturated heterocycles. The summed E-state index contributed by atoms with van der Waals surface area (Å²) in [5.41, 5.74) is 0.685. The van der Waals surface area contributed by atoms with Gasteiger partial charge in [-0.05, 0) is 36.2 Å². The molecular weight excluding hydrogens is 406 g/mol. The predicted octanol–water partition coefficient (Wildman–Crippen LogP) is 2.46. The van der Waals surface area contributed by atoms with E-state index in [0.717, 1.165) is 0 Å². The number of rotatable bonds is 5. The van der Waals surface area contributed by atoms with Crippen molar-refractivity contribution in [2.45, 2.75) is 25.4 Å². The minimum absolute atomic E-state index is 0.0264. The number of fused-ring (bicyclic) bond motifs is 1. The van der Waals surface area contributed by atoms with Crippen LogP contribution in [-0.2, 0) is 27.6 Å². The molecular formula is C19H20ClNO6S. The Morgan fingerprint density at radius 3 is 2.79 bits per heavy atom. The first-order valence-corrected chi connectivity index (χ1v) is 11.2. The summed E-state index contributed by atoms with van der Waals surface area (Å²) in [4.78, 5) is 14.7. The molecule has 0 saturated carbocycles. The van der Waals surface area contributed by atoms with Crippen LogP contribution >= 0.6 is 11.6 Å². The fourth-order valence-corrected chi connectivity index (χ4v) is 5.57. The smallest absolute Gasteiger partial charge is 0.227 e. The summed E-state index contributed by atoms with van der Waals surface area (Å²) in [7, 11) is -3.13. The summed E-state index contributed by atoms with van der Waals surface area (Å²) in [5, 5.41) is 0.390. The number of sulfone groups is 1. The number of benzene rings is 1. The SMILES string of the molecule is O=C(Cc1cc(Cl)c2c(c1)OCCO2)N(Cc1ccco1)[C@@H]1CCS(=O)(=O)C1. The molecule has 3 heterocycles. The fourth-order valence-electron chi connectivity index (χ4n) is 3.56. The molecule has 0 spiro atoms. The Balaban J connectivity index is 1.56. The molecule has 2 aliphatic heterocycles. The van der Waals surface area contributed by atoms with Crippen LogP contribution in [0.4, 0.5) is 0 Å². The molecule has 1 fully saturated rings. The minimum atomic E-state index is -3.13. The van der Waals surface area contributed by atoms with Gasteiger partial charge in [0.05, 0.1) is 35.8 Å². The van der Waals surface area contributed by atoms with E-state index in [1.807, 2.05) is 0 Å². The zero-order valence-corrected chi connectivity index (χ0v) is 16.7. The highest BCUT2D eigenvalue weighted by Crippen LogP contribution is 2.38. The Hall–Kier alpha value is -2.19. The normalized spacial score (nSPS) is 20.1. The van der Waals surface area contributed by atoms with E-state index in [1.54, 1.807) is 29.2 Å². The molecule has 150 valence electrons. The first-order chi connectivity index (χ1) is 13.4. The van der Waals surface area contributed by atoms with Gasteiger partial charge in [0.1, 0.15) is 19.0 Å². The Morgan fingerprint density at radius 1 is 1.25 bits per heavy atom. The maximum Gasteiger partial charge on any atom is 0.227 e. The molecule has 28 heavy (non-hydrogen) atoms. The van der Waals surface area contributed by atoms with Crippen molar-refractivity contribution in [3.63, 3.8) is 0 Å². The maximum atomic E-state index is 13.1. The lowest BCUT2D eigenvalue weighted by molar-refractivity contribution is -0.133. The lowest BCUT2D eigenvalue weighted by Gasteiger charge is -2.28. The van der Waals surface area contributed by atoms with E-state index in [0.29, 0.717) is 47.5 Å². The van der Waals surface area contributed by atoms with Gasteiger partial charge < -0.3 is 18.8 Å². The van der Waals surface area contributed by atoms with E-state index in [4.69, 9.17) is 25.5 Å². The van der Waals surface area contributed by atoms with Gasteiger partial charge in [0.15, 0.2) is 21.3 Å². The van der Waals surface area contributed by atoms with Gasteiger partial charge in [-0.15, -0.1) is 0 Å². The summed E-state index contributed by atoms with van der Waals surface area (Å²) >= 11 is 6.27. The first-order valence-electron chi connectivity index (χ1n) is 9.01. The van der Waals surface area contributed by atoms with E-state index in [2.05, 4.69) is 0 Å². The largest absolute Gasteiger partial charge is 0.486 e. The summed E-state index contributed by atoms with van der Waals surface area (Å²) in [6, 6.07) is 6.57. The molecule has 0 aliphatic carbocycles. The monoisotopic (exact) mass is 425 g/mol. The first kappa shape index (κ1) is 19.1. The lowest BCUT2D eigenvalue weighted by atomic mass is 10.1. The van der Waals surface area contributed by atoms with Gasteiger partial charge >= 0.3 is 0 Å². The third kappa shape index (κ3) is 4.12. The van der Waals surface area contributed by atoms with E-state index < -0.39 is 9.84 Å². The van der Waals surface area contributed by atoms with Gasteiger partial charge in [-0.1, -0.05) is 11.6 Å². The van der Waals surface area contributed by atoms with Crippen LogP contribution in [0.3, 0.4) is 0 Å².